The number of nitrogens with zero attached hydrogens (tertiary/aromatic N) is 1. The highest BCUT2D eigenvalue weighted by Gasteiger charge is 2.33. The number of carbonyl (C=O) groups is 1. The Hall–Kier alpha value is -0.610. The van der Waals surface area contributed by atoms with Crippen molar-refractivity contribution in [2.75, 3.05) is 19.6 Å². The number of nitrogens with one attached hydrogen (secondary N) is 1. The summed E-state index contributed by atoms with van der Waals surface area (Å²) in [5, 5.41) is 3.16. The summed E-state index contributed by atoms with van der Waals surface area (Å²) >= 11 is 0. The molecule has 4 heteroatoms. The van der Waals surface area contributed by atoms with Gasteiger partial charge in [0.05, 0.1) is 0 Å². The number of likely N-dealkylation sites (tertiary alicyclic amines) is 1. The third-order valence-electron chi connectivity index (χ3n) is 3.23. The van der Waals surface area contributed by atoms with Crippen LogP contribution in [0.5, 0.6) is 0 Å². The van der Waals surface area contributed by atoms with E-state index in [9.17, 15) is 4.79 Å². The van der Waals surface area contributed by atoms with Crippen molar-refractivity contribution in [3.63, 3.8) is 0 Å². The van der Waals surface area contributed by atoms with Crippen LogP contribution in [0.15, 0.2) is 0 Å². The standard InChI is InChI=1S/C11H20N2O2/c1-8(2)13-6-9(7-13)15-11(14)10-4-3-5-12-10/h8-10,12H,3-7H2,1-2H3. The summed E-state index contributed by atoms with van der Waals surface area (Å²) in [6.07, 6.45) is 2.14. The molecule has 2 aliphatic rings. The Bertz CT molecular complexity index is 231. The number of carbonyl (C=O) groups excluding carboxylic acids is 1. The van der Waals surface area contributed by atoms with Crippen molar-refractivity contribution in [1.29, 1.82) is 0 Å². The summed E-state index contributed by atoms with van der Waals surface area (Å²) in [6.45, 7) is 7.07. The maximum absolute atomic E-state index is 11.6. The van der Waals surface area contributed by atoms with Crippen LogP contribution in [-0.2, 0) is 9.53 Å². The van der Waals surface area contributed by atoms with Crippen LogP contribution in [0.1, 0.15) is 26.7 Å². The quantitative estimate of drug-likeness (QED) is 0.686. The van der Waals surface area contributed by atoms with Crippen molar-refractivity contribution >= 4 is 5.97 Å². The van der Waals surface area contributed by atoms with Gasteiger partial charge in [0, 0.05) is 19.1 Å². The van der Waals surface area contributed by atoms with Crippen LogP contribution < -0.4 is 5.32 Å². The van der Waals surface area contributed by atoms with Gasteiger partial charge in [0.1, 0.15) is 12.1 Å². The Morgan fingerprint density at radius 1 is 1.47 bits per heavy atom. The van der Waals surface area contributed by atoms with Crippen molar-refractivity contribution in [2.45, 2.75) is 44.9 Å². The monoisotopic (exact) mass is 212 g/mol. The lowest BCUT2D eigenvalue weighted by Gasteiger charge is -2.41. The highest BCUT2D eigenvalue weighted by atomic mass is 16.5. The molecule has 0 bridgehead atoms. The first-order valence-electron chi connectivity index (χ1n) is 5.84. The van der Waals surface area contributed by atoms with E-state index in [2.05, 4.69) is 24.1 Å². The predicted molar refractivity (Wildman–Crippen MR) is 57.6 cm³/mol. The number of esters is 1. The molecule has 1 N–H and O–H groups in total. The fourth-order valence-electron chi connectivity index (χ4n) is 2.10. The molecule has 0 aromatic carbocycles. The zero-order chi connectivity index (χ0) is 10.8. The average Bonchev–Trinajstić information content (AvgIpc) is 2.61. The molecule has 0 aromatic heterocycles. The van der Waals surface area contributed by atoms with Crippen LogP contribution in [0.4, 0.5) is 0 Å². The highest BCUT2D eigenvalue weighted by molar-refractivity contribution is 5.76. The molecule has 4 nitrogen and oxygen atoms in total. The van der Waals surface area contributed by atoms with Gasteiger partial charge in [-0.05, 0) is 33.2 Å². The van der Waals surface area contributed by atoms with Crippen molar-refractivity contribution in [3.05, 3.63) is 0 Å². The molecular formula is C11H20N2O2. The van der Waals surface area contributed by atoms with Crippen LogP contribution in [0, 0.1) is 0 Å². The summed E-state index contributed by atoms with van der Waals surface area (Å²) < 4.78 is 5.41. The Morgan fingerprint density at radius 2 is 2.20 bits per heavy atom. The molecule has 0 radical (unpaired) electrons. The number of hydrogen-bond donors (Lipinski definition) is 1. The van der Waals surface area contributed by atoms with E-state index in [1.165, 1.54) is 0 Å². The molecule has 86 valence electrons. The normalized spacial score (nSPS) is 28.1. The predicted octanol–water partition coefficient (Wildman–Crippen LogP) is 0.374. The van der Waals surface area contributed by atoms with Gasteiger partial charge < -0.3 is 10.1 Å². The molecule has 2 fully saturated rings. The van der Waals surface area contributed by atoms with Gasteiger partial charge in [0.25, 0.3) is 0 Å². The summed E-state index contributed by atoms with van der Waals surface area (Å²) in [5.74, 6) is -0.0547. The van der Waals surface area contributed by atoms with E-state index in [0.29, 0.717) is 6.04 Å². The van der Waals surface area contributed by atoms with E-state index in [1.807, 2.05) is 0 Å². The Morgan fingerprint density at radius 3 is 2.73 bits per heavy atom. The zero-order valence-electron chi connectivity index (χ0n) is 9.53. The molecular weight excluding hydrogens is 192 g/mol. The lowest BCUT2D eigenvalue weighted by Crippen LogP contribution is -2.56. The van der Waals surface area contributed by atoms with Crippen LogP contribution in [0.2, 0.25) is 0 Å². The van der Waals surface area contributed by atoms with E-state index in [-0.39, 0.29) is 18.1 Å². The minimum atomic E-state index is -0.0547. The second kappa shape index (κ2) is 4.49. The zero-order valence-corrected chi connectivity index (χ0v) is 9.53. The lowest BCUT2D eigenvalue weighted by molar-refractivity contribution is -0.160. The second-order valence-corrected chi connectivity index (χ2v) is 4.76. The molecule has 0 spiro atoms. The van der Waals surface area contributed by atoms with Crippen LogP contribution in [0.25, 0.3) is 0 Å². The molecule has 2 heterocycles. The fraction of sp³-hybridized carbons (Fsp3) is 0.909. The van der Waals surface area contributed by atoms with Gasteiger partial charge in [0.15, 0.2) is 0 Å². The largest absolute Gasteiger partial charge is 0.458 e. The first-order chi connectivity index (χ1) is 7.16. The third kappa shape index (κ3) is 2.49. The van der Waals surface area contributed by atoms with Crippen molar-refractivity contribution < 1.29 is 9.53 Å². The van der Waals surface area contributed by atoms with Gasteiger partial charge in [-0.2, -0.15) is 0 Å². The maximum Gasteiger partial charge on any atom is 0.323 e. The van der Waals surface area contributed by atoms with Crippen LogP contribution >= 0.6 is 0 Å². The highest BCUT2D eigenvalue weighted by Crippen LogP contribution is 2.16. The van der Waals surface area contributed by atoms with E-state index in [1.54, 1.807) is 0 Å². The van der Waals surface area contributed by atoms with E-state index in [0.717, 1.165) is 32.5 Å². The molecule has 1 unspecified atom stereocenters. The van der Waals surface area contributed by atoms with Crippen molar-refractivity contribution in [1.82, 2.24) is 10.2 Å². The van der Waals surface area contributed by atoms with Gasteiger partial charge in [-0.3, -0.25) is 9.69 Å². The summed E-state index contributed by atoms with van der Waals surface area (Å²) in [6, 6.07) is 0.516. The SMILES string of the molecule is CC(C)N1CC(OC(=O)C2CCCN2)C1. The molecule has 0 aliphatic carbocycles. The average molecular weight is 212 g/mol. The molecule has 1 atom stereocenters. The number of ether oxygens (including phenoxy) is 1. The van der Waals surface area contributed by atoms with Crippen LogP contribution in [0.3, 0.4) is 0 Å². The van der Waals surface area contributed by atoms with E-state index < -0.39 is 0 Å². The summed E-state index contributed by atoms with van der Waals surface area (Å²) in [7, 11) is 0. The molecule has 2 rings (SSSR count). The molecule has 0 aromatic rings. The van der Waals surface area contributed by atoms with E-state index in [4.69, 9.17) is 4.74 Å². The van der Waals surface area contributed by atoms with Crippen molar-refractivity contribution in [2.24, 2.45) is 0 Å². The minimum absolute atomic E-state index is 0.0434. The molecule has 0 amide bonds. The van der Waals surface area contributed by atoms with Gasteiger partial charge in [-0.1, -0.05) is 0 Å². The molecule has 15 heavy (non-hydrogen) atoms. The molecule has 2 saturated heterocycles. The first kappa shape index (κ1) is 10.9. The Kier molecular flexibility index (Phi) is 3.26. The summed E-state index contributed by atoms with van der Waals surface area (Å²) in [5.41, 5.74) is 0. The van der Waals surface area contributed by atoms with Gasteiger partial charge in [-0.25, -0.2) is 0 Å². The van der Waals surface area contributed by atoms with E-state index >= 15 is 0 Å². The fourth-order valence-corrected chi connectivity index (χ4v) is 2.10. The number of rotatable bonds is 3. The van der Waals surface area contributed by atoms with Gasteiger partial charge in [0.2, 0.25) is 0 Å². The first-order valence-corrected chi connectivity index (χ1v) is 5.84. The molecule has 0 saturated carbocycles. The minimum Gasteiger partial charge on any atom is -0.458 e. The third-order valence-corrected chi connectivity index (χ3v) is 3.23. The van der Waals surface area contributed by atoms with Crippen LogP contribution in [-0.4, -0.2) is 48.7 Å². The topological polar surface area (TPSA) is 41.6 Å². The Balaban J connectivity index is 1.68. The van der Waals surface area contributed by atoms with Crippen molar-refractivity contribution in [3.8, 4) is 0 Å². The smallest absolute Gasteiger partial charge is 0.323 e. The van der Waals surface area contributed by atoms with Gasteiger partial charge in [-0.15, -0.1) is 0 Å². The lowest BCUT2D eigenvalue weighted by atomic mass is 10.1. The molecule has 2 aliphatic heterocycles. The maximum atomic E-state index is 11.6. The number of hydrogen-bond acceptors (Lipinski definition) is 4. The second-order valence-electron chi connectivity index (χ2n) is 4.76. The Labute approximate surface area is 91.0 Å². The summed E-state index contributed by atoms with van der Waals surface area (Å²) in [4.78, 5) is 13.9. The van der Waals surface area contributed by atoms with Gasteiger partial charge >= 0.3 is 5.97 Å².